The molecule has 0 unspecified atom stereocenters. The molecule has 0 aromatic rings. The van der Waals surface area contributed by atoms with Gasteiger partial charge in [0.25, 0.3) is 0 Å². The number of alkyl halides is 1. The third-order valence-corrected chi connectivity index (χ3v) is 0.997. The van der Waals surface area contributed by atoms with Crippen LogP contribution in [0.3, 0.4) is 0 Å². The molecule has 0 radical (unpaired) electrons. The smallest absolute Gasteiger partial charge is 0.424 e. The van der Waals surface area contributed by atoms with Gasteiger partial charge in [-0.3, -0.25) is 0 Å². The second kappa shape index (κ2) is 5.32. The van der Waals surface area contributed by atoms with Gasteiger partial charge in [0.2, 0.25) is 0 Å². The highest BCUT2D eigenvalue weighted by Gasteiger charge is 2.07. The third kappa shape index (κ3) is 3.53. The van der Waals surface area contributed by atoms with Gasteiger partial charge in [0.15, 0.2) is 0 Å². The topological polar surface area (TPSA) is 55.6 Å². The van der Waals surface area contributed by atoms with Crippen LogP contribution >= 0.6 is 11.6 Å². The number of carbonyl (C=O) groups is 1. The maximum atomic E-state index is 10.7. The fourth-order valence-corrected chi connectivity index (χ4v) is 0.571. The lowest BCUT2D eigenvalue weighted by molar-refractivity contribution is 0.110. The van der Waals surface area contributed by atoms with E-state index in [1.54, 1.807) is 6.92 Å². The first-order valence-corrected chi connectivity index (χ1v) is 3.50. The van der Waals surface area contributed by atoms with E-state index in [0.717, 1.165) is 5.01 Å². The van der Waals surface area contributed by atoms with E-state index in [9.17, 15) is 4.79 Å². The lowest BCUT2D eigenvalue weighted by Gasteiger charge is -2.13. The van der Waals surface area contributed by atoms with Crippen molar-refractivity contribution in [2.75, 3.05) is 19.0 Å². The van der Waals surface area contributed by atoms with Gasteiger partial charge in [0.05, 0.1) is 13.2 Å². The van der Waals surface area contributed by atoms with Crippen molar-refractivity contribution in [1.29, 1.82) is 0 Å². The van der Waals surface area contributed by atoms with Crippen LogP contribution in [0.25, 0.3) is 0 Å². The molecular weight excluding hydrogens is 156 g/mol. The lowest BCUT2D eigenvalue weighted by Crippen LogP contribution is -2.39. The maximum absolute atomic E-state index is 10.7. The van der Waals surface area contributed by atoms with E-state index in [2.05, 4.69) is 4.74 Å². The highest BCUT2D eigenvalue weighted by molar-refractivity contribution is 6.18. The minimum absolute atomic E-state index is 0.306. The van der Waals surface area contributed by atoms with E-state index in [0.29, 0.717) is 19.0 Å². The number of halogens is 1. The molecule has 0 aromatic heterocycles. The van der Waals surface area contributed by atoms with Crippen LogP contribution in [-0.4, -0.2) is 30.1 Å². The summed E-state index contributed by atoms with van der Waals surface area (Å²) in [5, 5.41) is 0.941. The number of hydrogen-bond donors (Lipinski definition) is 1. The van der Waals surface area contributed by atoms with E-state index in [1.165, 1.54) is 0 Å². The Bertz CT molecular complexity index is 110. The molecule has 0 aliphatic heterocycles. The first kappa shape index (κ1) is 9.52. The highest BCUT2D eigenvalue weighted by atomic mass is 35.5. The molecule has 1 amide bonds. The Kier molecular flexibility index (Phi) is 5.06. The van der Waals surface area contributed by atoms with E-state index in [1.807, 2.05) is 0 Å². The van der Waals surface area contributed by atoms with Crippen molar-refractivity contribution in [3.63, 3.8) is 0 Å². The average Bonchev–Trinajstić information content (AvgIpc) is 1.89. The van der Waals surface area contributed by atoms with Crippen molar-refractivity contribution in [2.24, 2.45) is 5.84 Å². The Balaban J connectivity index is 3.49. The Morgan fingerprint density at radius 1 is 1.80 bits per heavy atom. The van der Waals surface area contributed by atoms with Crippen molar-refractivity contribution < 1.29 is 9.53 Å². The van der Waals surface area contributed by atoms with Crippen LogP contribution in [0.4, 0.5) is 4.79 Å². The molecule has 0 aliphatic carbocycles. The molecule has 10 heavy (non-hydrogen) atoms. The second-order valence-corrected chi connectivity index (χ2v) is 1.96. The molecule has 2 N–H and O–H groups in total. The number of hydrogen-bond acceptors (Lipinski definition) is 3. The molecule has 0 saturated carbocycles. The molecule has 0 atom stereocenters. The van der Waals surface area contributed by atoms with Gasteiger partial charge in [-0.05, 0) is 6.92 Å². The molecule has 0 heterocycles. The normalized spacial score (nSPS) is 9.10. The summed E-state index contributed by atoms with van der Waals surface area (Å²) < 4.78 is 4.56. The number of carbonyl (C=O) groups excluding carboxylic acids is 1. The molecule has 0 aliphatic rings. The van der Waals surface area contributed by atoms with Gasteiger partial charge in [-0.2, -0.15) is 0 Å². The molecule has 0 aromatic carbocycles. The van der Waals surface area contributed by atoms with E-state index >= 15 is 0 Å². The fraction of sp³-hybridized carbons (Fsp3) is 0.800. The highest BCUT2D eigenvalue weighted by Crippen LogP contribution is 1.87. The fourth-order valence-electron chi connectivity index (χ4n) is 0.389. The van der Waals surface area contributed by atoms with Crippen LogP contribution in [-0.2, 0) is 4.74 Å². The average molecular weight is 167 g/mol. The predicted molar refractivity (Wildman–Crippen MR) is 38.6 cm³/mol. The van der Waals surface area contributed by atoms with Gasteiger partial charge in [0, 0.05) is 5.88 Å². The summed E-state index contributed by atoms with van der Waals surface area (Å²) in [6, 6.07) is 0. The van der Waals surface area contributed by atoms with Gasteiger partial charge in [-0.1, -0.05) is 0 Å². The summed E-state index contributed by atoms with van der Waals surface area (Å²) in [5.74, 6) is 5.50. The quantitative estimate of drug-likeness (QED) is 0.289. The maximum Gasteiger partial charge on any atom is 0.424 e. The zero-order chi connectivity index (χ0) is 7.98. The summed E-state index contributed by atoms with van der Waals surface area (Å²) in [6.45, 7) is 2.35. The zero-order valence-corrected chi connectivity index (χ0v) is 6.60. The van der Waals surface area contributed by atoms with E-state index < -0.39 is 6.09 Å². The van der Waals surface area contributed by atoms with E-state index in [4.69, 9.17) is 17.4 Å². The second-order valence-electron chi connectivity index (χ2n) is 1.58. The number of hydrazine groups is 1. The molecular formula is C5H11ClN2O2. The number of ether oxygens (including phenoxy) is 1. The first-order valence-electron chi connectivity index (χ1n) is 2.97. The van der Waals surface area contributed by atoms with Gasteiger partial charge in [0.1, 0.15) is 0 Å². The van der Waals surface area contributed by atoms with Crippen LogP contribution in [0.2, 0.25) is 0 Å². The van der Waals surface area contributed by atoms with Crippen LogP contribution < -0.4 is 5.84 Å². The summed E-state index contributed by atoms with van der Waals surface area (Å²) in [5.41, 5.74) is 0. The van der Waals surface area contributed by atoms with Gasteiger partial charge < -0.3 is 4.74 Å². The SMILES string of the molecule is CCOC(=O)N(N)CCCl. The lowest BCUT2D eigenvalue weighted by atomic mass is 10.7. The number of nitrogens with zero attached hydrogens (tertiary/aromatic N) is 1. The minimum Gasteiger partial charge on any atom is -0.449 e. The van der Waals surface area contributed by atoms with Crippen LogP contribution in [0.5, 0.6) is 0 Å². The molecule has 5 heteroatoms. The molecule has 60 valence electrons. The van der Waals surface area contributed by atoms with Crippen molar-refractivity contribution in [1.82, 2.24) is 5.01 Å². The summed E-state index contributed by atoms with van der Waals surface area (Å²) in [4.78, 5) is 10.7. The number of amides is 1. The van der Waals surface area contributed by atoms with Crippen molar-refractivity contribution in [2.45, 2.75) is 6.92 Å². The molecule has 0 bridgehead atoms. The minimum atomic E-state index is -0.539. The Morgan fingerprint density at radius 2 is 2.40 bits per heavy atom. The molecule has 0 spiro atoms. The van der Waals surface area contributed by atoms with Crippen molar-refractivity contribution in [3.8, 4) is 0 Å². The van der Waals surface area contributed by atoms with E-state index in [-0.39, 0.29) is 0 Å². The molecule has 0 saturated heterocycles. The van der Waals surface area contributed by atoms with Gasteiger partial charge in [-0.15, -0.1) is 11.6 Å². The summed E-state index contributed by atoms with van der Waals surface area (Å²) in [7, 11) is 0. The Labute approximate surface area is 64.8 Å². The van der Waals surface area contributed by atoms with Crippen molar-refractivity contribution >= 4 is 17.7 Å². The zero-order valence-electron chi connectivity index (χ0n) is 5.84. The van der Waals surface area contributed by atoms with Crippen LogP contribution in [0.15, 0.2) is 0 Å². The Hall–Kier alpha value is -0.480. The first-order chi connectivity index (χ1) is 4.72. The standard InChI is InChI=1S/C5H11ClN2O2/c1-2-10-5(9)8(7)4-3-6/h2-4,7H2,1H3. The third-order valence-electron chi connectivity index (χ3n) is 0.828. The Morgan fingerprint density at radius 3 is 2.80 bits per heavy atom. The number of rotatable bonds is 3. The monoisotopic (exact) mass is 166 g/mol. The van der Waals surface area contributed by atoms with Gasteiger partial charge >= 0.3 is 6.09 Å². The largest absolute Gasteiger partial charge is 0.449 e. The van der Waals surface area contributed by atoms with Crippen LogP contribution in [0, 0.1) is 0 Å². The van der Waals surface area contributed by atoms with Gasteiger partial charge in [-0.25, -0.2) is 15.6 Å². The van der Waals surface area contributed by atoms with Crippen molar-refractivity contribution in [3.05, 3.63) is 0 Å². The number of nitrogens with two attached hydrogens (primary N) is 1. The summed E-state index contributed by atoms with van der Waals surface area (Å²) in [6.07, 6.45) is -0.539. The molecule has 0 rings (SSSR count). The predicted octanol–water partition coefficient (Wildman–Crippen LogP) is 0.557. The van der Waals surface area contributed by atoms with Crippen LogP contribution in [0.1, 0.15) is 6.92 Å². The molecule has 4 nitrogen and oxygen atoms in total. The summed E-state index contributed by atoms with van der Waals surface area (Å²) >= 11 is 5.31. The molecule has 0 fully saturated rings.